The van der Waals surface area contributed by atoms with Gasteiger partial charge in [0.15, 0.2) is 11.2 Å². The Bertz CT molecular complexity index is 376. The number of aliphatic hydroxyl groups is 1. The zero-order chi connectivity index (χ0) is 14.6. The standard InChI is InChI=1S/C13H24O5S/c1-7-9-10(18-13(5,6)17-9)8(14)11(16-7)19(15)12(2,3)4/h7-11,14H,1-6H3/t7-,8-,9+,10-,11-,19?/m0/s1. The molecule has 0 aliphatic carbocycles. The van der Waals surface area contributed by atoms with Crippen molar-refractivity contribution in [1.82, 2.24) is 0 Å². The van der Waals surface area contributed by atoms with E-state index in [1.807, 2.05) is 27.7 Å². The van der Waals surface area contributed by atoms with Crippen LogP contribution in [0.5, 0.6) is 0 Å². The summed E-state index contributed by atoms with van der Waals surface area (Å²) >= 11 is 0. The van der Waals surface area contributed by atoms with Crippen molar-refractivity contribution in [3.63, 3.8) is 0 Å². The Morgan fingerprint density at radius 2 is 1.68 bits per heavy atom. The Morgan fingerprint density at radius 3 is 2.21 bits per heavy atom. The van der Waals surface area contributed by atoms with Crippen LogP contribution < -0.4 is 0 Å². The van der Waals surface area contributed by atoms with Gasteiger partial charge in [0.2, 0.25) is 0 Å². The molecular formula is C13H24O5S. The first kappa shape index (κ1) is 15.4. The second-order valence-corrected chi connectivity index (χ2v) is 8.96. The third-order valence-corrected chi connectivity index (χ3v) is 5.42. The van der Waals surface area contributed by atoms with Gasteiger partial charge in [-0.3, -0.25) is 4.21 Å². The van der Waals surface area contributed by atoms with E-state index in [9.17, 15) is 9.32 Å². The van der Waals surface area contributed by atoms with Crippen molar-refractivity contribution in [3.8, 4) is 0 Å². The lowest BCUT2D eigenvalue weighted by Gasteiger charge is -2.40. The first-order valence-electron chi connectivity index (χ1n) is 6.63. The molecule has 0 aromatic rings. The van der Waals surface area contributed by atoms with Gasteiger partial charge in [-0.1, -0.05) is 0 Å². The van der Waals surface area contributed by atoms with Crippen LogP contribution in [0.2, 0.25) is 0 Å². The number of hydrogen-bond donors (Lipinski definition) is 1. The number of aliphatic hydroxyl groups excluding tert-OH is 1. The van der Waals surface area contributed by atoms with Crippen molar-refractivity contribution in [3.05, 3.63) is 0 Å². The Labute approximate surface area is 117 Å². The van der Waals surface area contributed by atoms with Crippen molar-refractivity contribution in [1.29, 1.82) is 0 Å². The molecule has 112 valence electrons. The molecule has 0 aromatic carbocycles. The largest absolute Gasteiger partial charge is 0.387 e. The maximum absolute atomic E-state index is 12.5. The average molecular weight is 292 g/mol. The van der Waals surface area contributed by atoms with Crippen LogP contribution in [-0.4, -0.2) is 49.7 Å². The molecule has 2 aliphatic rings. The summed E-state index contributed by atoms with van der Waals surface area (Å²) in [5.41, 5.74) is -0.742. The summed E-state index contributed by atoms with van der Waals surface area (Å²) in [5, 5.41) is 10.4. The zero-order valence-electron chi connectivity index (χ0n) is 12.4. The van der Waals surface area contributed by atoms with E-state index in [1.165, 1.54) is 0 Å². The second-order valence-electron chi connectivity index (χ2n) is 6.67. The van der Waals surface area contributed by atoms with Crippen molar-refractivity contribution >= 4 is 10.8 Å². The van der Waals surface area contributed by atoms with E-state index in [4.69, 9.17) is 14.2 Å². The highest BCUT2D eigenvalue weighted by atomic mass is 32.2. The monoisotopic (exact) mass is 292 g/mol. The molecule has 0 radical (unpaired) electrons. The summed E-state index contributed by atoms with van der Waals surface area (Å²) in [4.78, 5) is 0. The highest BCUT2D eigenvalue weighted by Crippen LogP contribution is 2.39. The summed E-state index contributed by atoms with van der Waals surface area (Å²) in [7, 11) is -1.32. The third-order valence-electron chi connectivity index (χ3n) is 3.41. The molecule has 0 spiro atoms. The summed E-state index contributed by atoms with van der Waals surface area (Å²) in [5.74, 6) is -0.744. The molecule has 0 bridgehead atoms. The van der Waals surface area contributed by atoms with E-state index in [0.717, 1.165) is 0 Å². The number of fused-ring (bicyclic) bond motifs is 1. The van der Waals surface area contributed by atoms with Crippen LogP contribution >= 0.6 is 0 Å². The van der Waals surface area contributed by atoms with Crippen LogP contribution in [0.1, 0.15) is 41.5 Å². The fourth-order valence-corrected chi connectivity index (χ4v) is 3.88. The Morgan fingerprint density at radius 1 is 1.16 bits per heavy atom. The summed E-state index contributed by atoms with van der Waals surface area (Å²) < 4.78 is 29.2. The molecule has 19 heavy (non-hydrogen) atoms. The lowest BCUT2D eigenvalue weighted by Crippen LogP contribution is -2.58. The molecule has 2 rings (SSSR count). The Balaban J connectivity index is 2.21. The van der Waals surface area contributed by atoms with Crippen molar-refractivity contribution in [2.45, 2.75) is 81.9 Å². The van der Waals surface area contributed by atoms with E-state index >= 15 is 0 Å². The Kier molecular flexibility index (Phi) is 3.86. The molecule has 0 aromatic heterocycles. The predicted octanol–water partition coefficient (Wildman–Crippen LogP) is 1.16. The van der Waals surface area contributed by atoms with E-state index in [0.29, 0.717) is 0 Å². The van der Waals surface area contributed by atoms with Gasteiger partial charge in [-0.2, -0.15) is 0 Å². The first-order valence-corrected chi connectivity index (χ1v) is 7.84. The number of hydrogen-bond acceptors (Lipinski definition) is 5. The van der Waals surface area contributed by atoms with Gasteiger partial charge < -0.3 is 19.3 Å². The first-order chi connectivity index (χ1) is 8.53. The van der Waals surface area contributed by atoms with Crippen LogP contribution in [-0.2, 0) is 25.0 Å². The SMILES string of the molecule is C[C@@H]1O[C@@H](S(=O)C(C)(C)C)[C@@H](O)[C@@H]2OC(C)(C)O[C@@H]21. The van der Waals surface area contributed by atoms with Gasteiger partial charge in [-0.05, 0) is 41.5 Å². The summed E-state index contributed by atoms with van der Waals surface area (Å²) in [6, 6.07) is 0. The van der Waals surface area contributed by atoms with Crippen LogP contribution in [0.3, 0.4) is 0 Å². The maximum Gasteiger partial charge on any atom is 0.164 e. The molecule has 0 amide bonds. The summed E-state index contributed by atoms with van der Waals surface area (Å²) in [6.07, 6.45) is -2.01. The lowest BCUT2D eigenvalue weighted by molar-refractivity contribution is -0.153. The average Bonchev–Trinajstić information content (AvgIpc) is 2.58. The minimum absolute atomic E-state index is 0.258. The van der Waals surface area contributed by atoms with Gasteiger partial charge in [0.25, 0.3) is 0 Å². The van der Waals surface area contributed by atoms with Crippen LogP contribution in [0.4, 0.5) is 0 Å². The van der Waals surface area contributed by atoms with Gasteiger partial charge >= 0.3 is 0 Å². The lowest BCUT2D eigenvalue weighted by atomic mass is 10.0. The highest BCUT2D eigenvalue weighted by Gasteiger charge is 2.55. The van der Waals surface area contributed by atoms with Gasteiger partial charge in [0, 0.05) is 4.75 Å². The normalized spacial score (nSPS) is 43.8. The van der Waals surface area contributed by atoms with Gasteiger partial charge in [0.05, 0.1) is 16.9 Å². The van der Waals surface area contributed by atoms with E-state index in [2.05, 4.69) is 0 Å². The zero-order valence-corrected chi connectivity index (χ0v) is 13.2. The molecule has 1 unspecified atom stereocenters. The highest BCUT2D eigenvalue weighted by molar-refractivity contribution is 7.86. The van der Waals surface area contributed by atoms with Crippen LogP contribution in [0.15, 0.2) is 0 Å². The van der Waals surface area contributed by atoms with E-state index < -0.39 is 39.0 Å². The fourth-order valence-electron chi connectivity index (χ4n) is 2.49. The van der Waals surface area contributed by atoms with Crippen LogP contribution in [0, 0.1) is 0 Å². The molecule has 2 saturated heterocycles. The van der Waals surface area contributed by atoms with Gasteiger partial charge in [-0.25, -0.2) is 0 Å². The molecular weight excluding hydrogens is 268 g/mol. The molecule has 6 heteroatoms. The quantitative estimate of drug-likeness (QED) is 0.785. The number of rotatable bonds is 1. The molecule has 1 N–H and O–H groups in total. The minimum Gasteiger partial charge on any atom is -0.387 e. The number of ether oxygens (including phenoxy) is 3. The fraction of sp³-hybridized carbons (Fsp3) is 1.00. The molecule has 2 fully saturated rings. The summed E-state index contributed by atoms with van der Waals surface area (Å²) in [6.45, 7) is 11.1. The van der Waals surface area contributed by atoms with Crippen molar-refractivity contribution in [2.75, 3.05) is 0 Å². The molecule has 2 aliphatic heterocycles. The molecule has 2 heterocycles. The van der Waals surface area contributed by atoms with Crippen molar-refractivity contribution < 1.29 is 23.5 Å². The Hall–Kier alpha value is -0.0100. The molecule has 6 atom stereocenters. The smallest absolute Gasteiger partial charge is 0.164 e. The predicted molar refractivity (Wildman–Crippen MR) is 72.1 cm³/mol. The topological polar surface area (TPSA) is 65.0 Å². The second kappa shape index (κ2) is 4.77. The molecule has 0 saturated carbocycles. The van der Waals surface area contributed by atoms with E-state index in [-0.39, 0.29) is 12.2 Å². The minimum atomic E-state index is -1.32. The van der Waals surface area contributed by atoms with Crippen LogP contribution in [0.25, 0.3) is 0 Å². The van der Waals surface area contributed by atoms with E-state index in [1.54, 1.807) is 13.8 Å². The molecule has 5 nitrogen and oxygen atoms in total. The van der Waals surface area contributed by atoms with Gasteiger partial charge in [-0.15, -0.1) is 0 Å². The van der Waals surface area contributed by atoms with Crippen molar-refractivity contribution in [2.24, 2.45) is 0 Å². The van der Waals surface area contributed by atoms with Gasteiger partial charge in [0.1, 0.15) is 18.3 Å². The maximum atomic E-state index is 12.5. The third kappa shape index (κ3) is 2.88.